The van der Waals surface area contributed by atoms with Gasteiger partial charge in [0.1, 0.15) is 24.7 Å². The van der Waals surface area contributed by atoms with Crippen LogP contribution in [0.2, 0.25) is 10.0 Å². The van der Waals surface area contributed by atoms with E-state index >= 15 is 0 Å². The van der Waals surface area contributed by atoms with Gasteiger partial charge in [-0.05, 0) is 19.9 Å². The summed E-state index contributed by atoms with van der Waals surface area (Å²) < 4.78 is 11.6. The lowest BCUT2D eigenvalue weighted by atomic mass is 10.3. The van der Waals surface area contributed by atoms with Gasteiger partial charge in [-0.1, -0.05) is 23.2 Å². The van der Waals surface area contributed by atoms with Crippen LogP contribution in [-0.2, 0) is 13.2 Å². The minimum atomic E-state index is 0.403. The molecule has 0 saturated heterocycles. The zero-order valence-corrected chi connectivity index (χ0v) is 16.2. The van der Waals surface area contributed by atoms with Crippen molar-refractivity contribution in [1.29, 1.82) is 0 Å². The summed E-state index contributed by atoms with van der Waals surface area (Å²) in [6.45, 7) is 4.72. The summed E-state index contributed by atoms with van der Waals surface area (Å²) in [4.78, 5) is 10.5. The smallest absolute Gasteiger partial charge is 0.142 e. The number of hydrogen-bond donors (Lipinski definition) is 0. The van der Waals surface area contributed by atoms with Crippen molar-refractivity contribution in [3.63, 3.8) is 0 Å². The molecule has 0 spiro atoms. The number of aromatic nitrogens is 2. The number of ether oxygens (including phenoxy) is 2. The van der Waals surface area contributed by atoms with Crippen LogP contribution < -0.4 is 9.47 Å². The molecule has 0 fully saturated rings. The first-order valence-electron chi connectivity index (χ1n) is 7.08. The van der Waals surface area contributed by atoms with E-state index in [1.165, 1.54) is 0 Å². The summed E-state index contributed by atoms with van der Waals surface area (Å²) in [6, 6.07) is 3.34. The maximum absolute atomic E-state index is 6.21. The van der Waals surface area contributed by atoms with Crippen molar-refractivity contribution in [2.24, 2.45) is 0 Å². The number of thiazole rings is 2. The predicted molar refractivity (Wildman–Crippen MR) is 98.8 cm³/mol. The van der Waals surface area contributed by atoms with Crippen LogP contribution in [0.3, 0.4) is 0 Å². The molecule has 2 aromatic heterocycles. The van der Waals surface area contributed by atoms with Gasteiger partial charge in [0.25, 0.3) is 0 Å². The number of halogens is 2. The molecule has 0 N–H and O–H groups in total. The standard InChI is InChI=1S/C16H14Cl2N2O2S2/c1-9-19-5-11(23-9)7-21-15-4-16(14(18)3-13(15)17)22-8-12-6-20-10(2)24-12/h3-6H,7-8H2,1-2H3. The first-order chi connectivity index (χ1) is 11.5. The Morgan fingerprint density at radius 1 is 0.833 bits per heavy atom. The fraction of sp³-hybridized carbons (Fsp3) is 0.250. The molecule has 0 atom stereocenters. The first kappa shape index (κ1) is 17.5. The number of rotatable bonds is 6. The molecule has 0 aliphatic carbocycles. The minimum absolute atomic E-state index is 0.403. The minimum Gasteiger partial charge on any atom is -0.486 e. The third kappa shape index (κ3) is 4.39. The van der Waals surface area contributed by atoms with E-state index in [1.54, 1.807) is 47.2 Å². The Kier molecular flexibility index (Phi) is 5.61. The summed E-state index contributed by atoms with van der Waals surface area (Å²) in [6.07, 6.45) is 3.60. The third-order valence-corrected chi connectivity index (χ3v) is 5.43. The normalized spacial score (nSPS) is 10.8. The molecule has 0 amide bonds. The van der Waals surface area contributed by atoms with Crippen molar-refractivity contribution in [2.75, 3.05) is 0 Å². The Hall–Kier alpha value is -1.34. The Labute approximate surface area is 158 Å². The van der Waals surface area contributed by atoms with E-state index in [0.29, 0.717) is 34.8 Å². The number of hydrogen-bond acceptors (Lipinski definition) is 6. The van der Waals surface area contributed by atoms with Crippen molar-refractivity contribution in [3.8, 4) is 11.5 Å². The van der Waals surface area contributed by atoms with E-state index < -0.39 is 0 Å². The molecule has 0 aliphatic heterocycles. The number of benzene rings is 1. The summed E-state index contributed by atoms with van der Waals surface area (Å²) in [5, 5.41) is 2.89. The lowest BCUT2D eigenvalue weighted by molar-refractivity contribution is 0.293. The van der Waals surface area contributed by atoms with E-state index in [-0.39, 0.29) is 0 Å². The quantitative estimate of drug-likeness (QED) is 0.533. The summed E-state index contributed by atoms with van der Waals surface area (Å²) in [5.74, 6) is 1.06. The average Bonchev–Trinajstić information content (AvgIpc) is 3.14. The van der Waals surface area contributed by atoms with Crippen LogP contribution in [0.4, 0.5) is 0 Å². The van der Waals surface area contributed by atoms with Crippen LogP contribution in [0, 0.1) is 13.8 Å². The van der Waals surface area contributed by atoms with Crippen molar-refractivity contribution >= 4 is 45.9 Å². The fourth-order valence-corrected chi connectivity index (χ4v) is 3.88. The molecule has 0 saturated carbocycles. The fourth-order valence-electron chi connectivity index (χ4n) is 1.97. The van der Waals surface area contributed by atoms with E-state index in [1.807, 2.05) is 13.8 Å². The van der Waals surface area contributed by atoms with Crippen molar-refractivity contribution < 1.29 is 9.47 Å². The Morgan fingerprint density at radius 2 is 1.29 bits per heavy atom. The van der Waals surface area contributed by atoms with Crippen molar-refractivity contribution in [2.45, 2.75) is 27.1 Å². The molecular formula is C16H14Cl2N2O2S2. The van der Waals surface area contributed by atoms with Crippen LogP contribution in [0.5, 0.6) is 11.5 Å². The maximum Gasteiger partial charge on any atom is 0.142 e. The maximum atomic E-state index is 6.21. The van der Waals surface area contributed by atoms with Crippen LogP contribution in [0.25, 0.3) is 0 Å². The molecule has 126 valence electrons. The zero-order valence-electron chi connectivity index (χ0n) is 13.0. The van der Waals surface area contributed by atoms with Crippen molar-refractivity contribution in [1.82, 2.24) is 9.97 Å². The summed E-state index contributed by atoms with van der Waals surface area (Å²) in [5.41, 5.74) is 0. The van der Waals surface area contributed by atoms with E-state index in [4.69, 9.17) is 32.7 Å². The second-order valence-electron chi connectivity index (χ2n) is 4.98. The van der Waals surface area contributed by atoms with Crippen LogP contribution in [0.1, 0.15) is 19.8 Å². The summed E-state index contributed by atoms with van der Waals surface area (Å²) >= 11 is 15.6. The molecule has 0 radical (unpaired) electrons. The first-order valence-corrected chi connectivity index (χ1v) is 9.47. The largest absolute Gasteiger partial charge is 0.486 e. The highest BCUT2D eigenvalue weighted by molar-refractivity contribution is 7.11. The highest BCUT2D eigenvalue weighted by Gasteiger charge is 2.11. The average molecular weight is 401 g/mol. The topological polar surface area (TPSA) is 44.2 Å². The molecule has 0 unspecified atom stereocenters. The van der Waals surface area contributed by atoms with Gasteiger partial charge in [0.15, 0.2) is 0 Å². The monoisotopic (exact) mass is 400 g/mol. The molecule has 0 aliphatic rings. The summed E-state index contributed by atoms with van der Waals surface area (Å²) in [7, 11) is 0. The molecule has 3 aromatic rings. The van der Waals surface area contributed by atoms with Gasteiger partial charge in [0, 0.05) is 18.5 Å². The van der Waals surface area contributed by atoms with Gasteiger partial charge < -0.3 is 9.47 Å². The molecule has 2 heterocycles. The van der Waals surface area contributed by atoms with Gasteiger partial charge in [-0.3, -0.25) is 0 Å². The number of aryl methyl sites for hydroxylation is 2. The highest BCUT2D eigenvalue weighted by atomic mass is 35.5. The van der Waals surface area contributed by atoms with Gasteiger partial charge in [-0.25, -0.2) is 9.97 Å². The second kappa shape index (κ2) is 7.70. The molecule has 0 bridgehead atoms. The Morgan fingerprint density at radius 3 is 1.67 bits per heavy atom. The van der Waals surface area contributed by atoms with E-state index in [9.17, 15) is 0 Å². The molecule has 8 heteroatoms. The molecule has 24 heavy (non-hydrogen) atoms. The lowest BCUT2D eigenvalue weighted by Gasteiger charge is -2.12. The van der Waals surface area contributed by atoms with Crippen LogP contribution in [-0.4, -0.2) is 9.97 Å². The van der Waals surface area contributed by atoms with Gasteiger partial charge >= 0.3 is 0 Å². The molecule has 1 aromatic carbocycles. The van der Waals surface area contributed by atoms with E-state index in [0.717, 1.165) is 19.8 Å². The Balaban J connectivity index is 1.70. The third-order valence-electron chi connectivity index (χ3n) is 3.06. The van der Waals surface area contributed by atoms with Gasteiger partial charge in [-0.2, -0.15) is 0 Å². The highest BCUT2D eigenvalue weighted by Crippen LogP contribution is 2.37. The predicted octanol–water partition coefficient (Wildman–Crippen LogP) is 5.68. The number of nitrogens with zero attached hydrogens (tertiary/aromatic N) is 2. The zero-order chi connectivity index (χ0) is 17.1. The van der Waals surface area contributed by atoms with E-state index in [2.05, 4.69) is 9.97 Å². The van der Waals surface area contributed by atoms with Crippen molar-refractivity contribution in [3.05, 3.63) is 54.3 Å². The Bertz CT molecular complexity index is 783. The van der Waals surface area contributed by atoms with Crippen LogP contribution >= 0.6 is 45.9 Å². The second-order valence-corrected chi connectivity index (χ2v) is 8.43. The molecule has 3 rings (SSSR count). The lowest BCUT2D eigenvalue weighted by Crippen LogP contribution is -1.97. The van der Waals surface area contributed by atoms with Gasteiger partial charge in [0.2, 0.25) is 0 Å². The van der Waals surface area contributed by atoms with Gasteiger partial charge in [0.05, 0.1) is 29.8 Å². The molecule has 4 nitrogen and oxygen atoms in total. The van der Waals surface area contributed by atoms with Gasteiger partial charge in [-0.15, -0.1) is 22.7 Å². The van der Waals surface area contributed by atoms with Crippen LogP contribution in [0.15, 0.2) is 24.5 Å². The molecular weight excluding hydrogens is 387 g/mol. The SMILES string of the molecule is Cc1ncc(COc2cc(OCc3cnc(C)s3)c(Cl)cc2Cl)s1.